The van der Waals surface area contributed by atoms with Crippen LogP contribution in [-0.4, -0.2) is 26.2 Å². The number of carbonyl (C=O) groups excluding carboxylic acids is 1. The third-order valence-corrected chi connectivity index (χ3v) is 2.93. The van der Waals surface area contributed by atoms with E-state index in [9.17, 15) is 4.79 Å². The number of hydrogen-bond donors (Lipinski definition) is 2. The van der Waals surface area contributed by atoms with E-state index in [0.717, 1.165) is 10.2 Å². The Morgan fingerprint density at radius 1 is 1.45 bits per heavy atom. The summed E-state index contributed by atoms with van der Waals surface area (Å²) in [5.74, 6) is -0.395. The van der Waals surface area contributed by atoms with E-state index < -0.39 is 5.91 Å². The first-order chi connectivity index (χ1) is 9.67. The highest BCUT2D eigenvalue weighted by Gasteiger charge is 2.07. The van der Waals surface area contributed by atoms with Crippen LogP contribution < -0.4 is 10.6 Å². The molecule has 0 spiro atoms. The zero-order valence-corrected chi connectivity index (χ0v) is 12.7. The molecule has 106 valence electrons. The van der Waals surface area contributed by atoms with Crippen LogP contribution in [0, 0.1) is 11.3 Å². The Morgan fingerprint density at radius 3 is 2.75 bits per heavy atom. The van der Waals surface area contributed by atoms with Gasteiger partial charge in [-0.05, 0) is 30.7 Å². The summed E-state index contributed by atoms with van der Waals surface area (Å²) >= 11 is 3.33. The molecule has 1 amide bonds. The van der Waals surface area contributed by atoms with E-state index in [4.69, 9.17) is 10.00 Å². The van der Waals surface area contributed by atoms with Crippen LogP contribution in [-0.2, 0) is 9.53 Å². The summed E-state index contributed by atoms with van der Waals surface area (Å²) in [6.07, 6.45) is 2.11. The number of amides is 1. The van der Waals surface area contributed by atoms with Gasteiger partial charge in [0, 0.05) is 36.6 Å². The van der Waals surface area contributed by atoms with E-state index in [1.807, 2.05) is 30.3 Å². The van der Waals surface area contributed by atoms with Crippen molar-refractivity contribution in [3.05, 3.63) is 40.5 Å². The molecule has 0 aromatic heterocycles. The smallest absolute Gasteiger partial charge is 0.263 e. The van der Waals surface area contributed by atoms with Crippen LogP contribution in [0.25, 0.3) is 0 Å². The molecule has 0 radical (unpaired) electrons. The standard InChI is InChI=1S/C14H16BrN3O2/c1-20-8-2-7-17-14(19)11(9-16)10-18-13-5-3-12(15)4-6-13/h3-6,10,18H,2,7-8H2,1H3,(H,17,19)/b11-10-. The van der Waals surface area contributed by atoms with Crippen LogP contribution in [0.1, 0.15) is 6.42 Å². The van der Waals surface area contributed by atoms with Crippen molar-refractivity contribution in [2.45, 2.75) is 6.42 Å². The normalized spacial score (nSPS) is 10.8. The average molecular weight is 338 g/mol. The highest BCUT2D eigenvalue weighted by Crippen LogP contribution is 2.14. The van der Waals surface area contributed by atoms with E-state index in [-0.39, 0.29) is 5.57 Å². The molecule has 2 N–H and O–H groups in total. The van der Waals surface area contributed by atoms with Gasteiger partial charge in [0.25, 0.3) is 5.91 Å². The van der Waals surface area contributed by atoms with Crippen LogP contribution in [0.5, 0.6) is 0 Å². The predicted molar refractivity (Wildman–Crippen MR) is 81.0 cm³/mol. The molecule has 6 heteroatoms. The van der Waals surface area contributed by atoms with Crippen molar-refractivity contribution in [3.8, 4) is 6.07 Å². The number of nitrogens with zero attached hydrogens (tertiary/aromatic N) is 1. The molecule has 0 saturated carbocycles. The molecule has 1 aromatic rings. The summed E-state index contributed by atoms with van der Waals surface area (Å²) in [4.78, 5) is 11.7. The zero-order valence-electron chi connectivity index (χ0n) is 11.1. The monoisotopic (exact) mass is 337 g/mol. The van der Waals surface area contributed by atoms with Crippen LogP contribution >= 0.6 is 15.9 Å². The van der Waals surface area contributed by atoms with Crippen molar-refractivity contribution >= 4 is 27.5 Å². The molecule has 0 atom stereocenters. The second-order valence-electron chi connectivity index (χ2n) is 3.92. The first kappa shape index (κ1) is 16.2. The van der Waals surface area contributed by atoms with E-state index >= 15 is 0 Å². The molecule has 0 saturated heterocycles. The molecule has 0 fully saturated rings. The molecular weight excluding hydrogens is 322 g/mol. The number of hydrogen-bond acceptors (Lipinski definition) is 4. The number of ether oxygens (including phenoxy) is 1. The van der Waals surface area contributed by atoms with Crippen molar-refractivity contribution in [3.63, 3.8) is 0 Å². The van der Waals surface area contributed by atoms with Gasteiger partial charge in [0.2, 0.25) is 0 Å². The number of methoxy groups -OCH3 is 1. The molecule has 0 aliphatic rings. The van der Waals surface area contributed by atoms with E-state index in [2.05, 4.69) is 26.6 Å². The van der Waals surface area contributed by atoms with Gasteiger partial charge in [-0.1, -0.05) is 15.9 Å². The van der Waals surface area contributed by atoms with Crippen LogP contribution in [0.3, 0.4) is 0 Å². The highest BCUT2D eigenvalue weighted by molar-refractivity contribution is 9.10. The molecule has 5 nitrogen and oxygen atoms in total. The van der Waals surface area contributed by atoms with Gasteiger partial charge in [-0.15, -0.1) is 0 Å². The molecule has 0 aliphatic heterocycles. The first-order valence-corrected chi connectivity index (χ1v) is 6.86. The number of nitrogens with one attached hydrogen (secondary N) is 2. The second kappa shape index (κ2) is 9.13. The van der Waals surface area contributed by atoms with Gasteiger partial charge in [0.1, 0.15) is 11.6 Å². The summed E-state index contributed by atoms with van der Waals surface area (Å²) in [6.45, 7) is 1.05. The summed E-state index contributed by atoms with van der Waals surface area (Å²) in [5, 5.41) is 14.5. The molecule has 0 unspecified atom stereocenters. The summed E-state index contributed by atoms with van der Waals surface area (Å²) < 4.78 is 5.84. The number of benzene rings is 1. The third-order valence-electron chi connectivity index (χ3n) is 2.40. The Bertz CT molecular complexity index is 506. The first-order valence-electron chi connectivity index (χ1n) is 6.07. The van der Waals surface area contributed by atoms with Gasteiger partial charge < -0.3 is 15.4 Å². The van der Waals surface area contributed by atoms with E-state index in [1.165, 1.54) is 6.20 Å². The fourth-order valence-corrected chi connectivity index (χ4v) is 1.63. The number of carbonyl (C=O) groups is 1. The zero-order chi connectivity index (χ0) is 14.8. The summed E-state index contributed by atoms with van der Waals surface area (Å²) in [6, 6.07) is 9.29. The average Bonchev–Trinajstić information content (AvgIpc) is 2.46. The van der Waals surface area contributed by atoms with Gasteiger partial charge in [-0.2, -0.15) is 5.26 Å². The second-order valence-corrected chi connectivity index (χ2v) is 4.84. The van der Waals surface area contributed by atoms with Crippen molar-refractivity contribution < 1.29 is 9.53 Å². The number of halogens is 1. The molecule has 1 rings (SSSR count). The Kier molecular flexibility index (Phi) is 7.40. The maximum Gasteiger partial charge on any atom is 0.263 e. The fourth-order valence-electron chi connectivity index (χ4n) is 1.36. The Hall–Kier alpha value is -1.84. The number of nitriles is 1. The lowest BCUT2D eigenvalue weighted by atomic mass is 10.2. The van der Waals surface area contributed by atoms with E-state index in [0.29, 0.717) is 19.6 Å². The minimum atomic E-state index is -0.395. The Balaban J connectivity index is 2.52. The van der Waals surface area contributed by atoms with Gasteiger partial charge in [-0.25, -0.2) is 0 Å². The van der Waals surface area contributed by atoms with Crippen molar-refractivity contribution in [1.82, 2.24) is 5.32 Å². The quantitative estimate of drug-likeness (QED) is 0.455. The maximum absolute atomic E-state index is 11.7. The summed E-state index contributed by atoms with van der Waals surface area (Å²) in [7, 11) is 1.60. The third kappa shape index (κ3) is 5.87. The van der Waals surface area contributed by atoms with Gasteiger partial charge in [-0.3, -0.25) is 4.79 Å². The van der Waals surface area contributed by atoms with Crippen LogP contribution in [0.15, 0.2) is 40.5 Å². The summed E-state index contributed by atoms with van der Waals surface area (Å²) in [5.41, 5.74) is 0.832. The maximum atomic E-state index is 11.7. The van der Waals surface area contributed by atoms with E-state index in [1.54, 1.807) is 7.11 Å². The minimum Gasteiger partial charge on any atom is -0.385 e. The molecule has 20 heavy (non-hydrogen) atoms. The van der Waals surface area contributed by atoms with Gasteiger partial charge in [0.05, 0.1) is 0 Å². The lowest BCUT2D eigenvalue weighted by Crippen LogP contribution is -2.26. The number of anilines is 1. The molecule has 0 heterocycles. The molecule has 1 aromatic carbocycles. The Morgan fingerprint density at radius 2 is 2.15 bits per heavy atom. The van der Waals surface area contributed by atoms with Gasteiger partial charge >= 0.3 is 0 Å². The van der Waals surface area contributed by atoms with Gasteiger partial charge in [0.15, 0.2) is 0 Å². The fraction of sp³-hybridized carbons (Fsp3) is 0.286. The van der Waals surface area contributed by atoms with Crippen LogP contribution in [0.2, 0.25) is 0 Å². The van der Waals surface area contributed by atoms with Crippen molar-refractivity contribution in [2.75, 3.05) is 25.6 Å². The van der Waals surface area contributed by atoms with Crippen molar-refractivity contribution in [2.24, 2.45) is 0 Å². The number of rotatable bonds is 7. The Labute approximate surface area is 126 Å². The van der Waals surface area contributed by atoms with Crippen LogP contribution in [0.4, 0.5) is 5.69 Å². The largest absolute Gasteiger partial charge is 0.385 e. The highest BCUT2D eigenvalue weighted by atomic mass is 79.9. The SMILES string of the molecule is COCCCNC(=O)/C(C#N)=C\Nc1ccc(Br)cc1. The lowest BCUT2D eigenvalue weighted by Gasteiger charge is -2.05. The predicted octanol–water partition coefficient (Wildman–Crippen LogP) is 2.42. The molecule has 0 aliphatic carbocycles. The molecular formula is C14H16BrN3O2. The lowest BCUT2D eigenvalue weighted by molar-refractivity contribution is -0.117. The minimum absolute atomic E-state index is 0.0327. The van der Waals surface area contributed by atoms with Crippen molar-refractivity contribution in [1.29, 1.82) is 5.26 Å². The topological polar surface area (TPSA) is 74.1 Å². The molecule has 0 bridgehead atoms.